The van der Waals surface area contributed by atoms with Crippen LogP contribution in [0.4, 0.5) is 20.6 Å². The standard InChI is InChI=1S/C37H48ClFN4O5/c1-5-28(24-45-7-3)35(48-19-8-16-43-17-14-37(15-18-43)25-46-26-37)22-29(40-6-2)13-20-47-30-10-12-33(31(38)23-30)41-36(44)42-34-21-27(4)9-11-32(34)39/h5-6,9-12,21-23H,1,7-8,13-20,24-26H2,2-4H3,(H2,41,42,44)/b29-22+,35-28-,40-6?. The molecular weight excluding hydrogens is 635 g/mol. The number of nitrogens with one attached hydrogen (secondary N) is 2. The number of allylic oxidation sites excluding steroid dienone is 1. The lowest BCUT2D eigenvalue weighted by Gasteiger charge is -2.47. The summed E-state index contributed by atoms with van der Waals surface area (Å²) in [5.41, 5.74) is 3.33. The van der Waals surface area contributed by atoms with E-state index in [1.54, 1.807) is 42.6 Å². The quantitative estimate of drug-likeness (QED) is 0.0757. The summed E-state index contributed by atoms with van der Waals surface area (Å²) in [5, 5.41) is 5.43. The Morgan fingerprint density at radius 1 is 1.15 bits per heavy atom. The van der Waals surface area contributed by atoms with Crippen LogP contribution in [0.5, 0.6) is 5.75 Å². The van der Waals surface area contributed by atoms with E-state index in [9.17, 15) is 9.18 Å². The van der Waals surface area contributed by atoms with E-state index in [4.69, 9.17) is 30.5 Å². The molecular formula is C37H48ClFN4O5. The Hall–Kier alpha value is -3.70. The second-order valence-electron chi connectivity index (χ2n) is 12.1. The number of amides is 2. The highest BCUT2D eigenvalue weighted by atomic mass is 35.5. The SMILES string of the molecule is C=C/C(COCC)=C(\C=C(/CCOc1ccc(NC(=O)Nc2cc(C)ccc2F)c(Cl)c1)N=CC)OCCCN1CCC2(CC1)COC2. The molecule has 1 spiro atoms. The number of carbonyl (C=O) groups excluding carboxylic acids is 1. The summed E-state index contributed by atoms with van der Waals surface area (Å²) in [5.74, 6) is 0.686. The Balaban J connectivity index is 1.31. The summed E-state index contributed by atoms with van der Waals surface area (Å²) >= 11 is 6.43. The molecule has 0 atom stereocenters. The van der Waals surface area contributed by atoms with Gasteiger partial charge in [-0.25, -0.2) is 9.18 Å². The van der Waals surface area contributed by atoms with Crippen molar-refractivity contribution in [2.75, 3.05) is 69.9 Å². The summed E-state index contributed by atoms with van der Waals surface area (Å²) in [4.78, 5) is 19.6. The van der Waals surface area contributed by atoms with Crippen LogP contribution in [0, 0.1) is 18.2 Å². The Kier molecular flexibility index (Phi) is 14.5. The monoisotopic (exact) mass is 682 g/mol. The third-order valence-corrected chi connectivity index (χ3v) is 8.73. The molecule has 2 aromatic carbocycles. The highest BCUT2D eigenvalue weighted by Crippen LogP contribution is 2.38. The van der Waals surface area contributed by atoms with Crippen molar-refractivity contribution >= 4 is 35.2 Å². The molecule has 0 bridgehead atoms. The molecule has 48 heavy (non-hydrogen) atoms. The van der Waals surface area contributed by atoms with Gasteiger partial charge in [0.2, 0.25) is 0 Å². The minimum Gasteiger partial charge on any atom is -0.493 e. The Morgan fingerprint density at radius 2 is 1.92 bits per heavy atom. The lowest BCUT2D eigenvalue weighted by atomic mass is 9.77. The molecule has 0 unspecified atom stereocenters. The molecule has 2 amide bonds. The summed E-state index contributed by atoms with van der Waals surface area (Å²) in [6.07, 6.45) is 9.25. The molecule has 9 nitrogen and oxygen atoms in total. The fourth-order valence-corrected chi connectivity index (χ4v) is 5.75. The van der Waals surface area contributed by atoms with E-state index < -0.39 is 11.8 Å². The average molecular weight is 683 g/mol. The number of piperidine rings is 1. The highest BCUT2D eigenvalue weighted by molar-refractivity contribution is 6.34. The van der Waals surface area contributed by atoms with E-state index in [1.807, 2.05) is 26.8 Å². The largest absolute Gasteiger partial charge is 0.493 e. The van der Waals surface area contributed by atoms with Crippen LogP contribution in [0.1, 0.15) is 45.1 Å². The van der Waals surface area contributed by atoms with Crippen molar-refractivity contribution < 1.29 is 28.1 Å². The number of ether oxygens (including phenoxy) is 4. The second kappa shape index (κ2) is 18.7. The average Bonchev–Trinajstić information content (AvgIpc) is 3.05. The molecule has 2 fully saturated rings. The topological polar surface area (TPSA) is 93.7 Å². The third kappa shape index (κ3) is 11.2. The number of aliphatic imine (C=N–C) groups is 1. The molecule has 4 rings (SSSR count). The Labute approximate surface area is 288 Å². The normalized spacial score (nSPS) is 16.7. The lowest BCUT2D eigenvalue weighted by molar-refractivity contribution is -0.139. The number of rotatable bonds is 17. The molecule has 2 heterocycles. The van der Waals surface area contributed by atoms with E-state index >= 15 is 0 Å². The summed E-state index contributed by atoms with van der Waals surface area (Å²) in [6.45, 7) is 16.5. The van der Waals surface area contributed by atoms with Gasteiger partial charge in [0.25, 0.3) is 0 Å². The van der Waals surface area contributed by atoms with Crippen molar-refractivity contribution in [3.8, 4) is 5.75 Å². The first kappa shape index (κ1) is 37.1. The van der Waals surface area contributed by atoms with Gasteiger partial charge in [0.05, 0.1) is 49.4 Å². The van der Waals surface area contributed by atoms with Crippen molar-refractivity contribution in [3.63, 3.8) is 0 Å². The first-order chi connectivity index (χ1) is 23.2. The van der Waals surface area contributed by atoms with Crippen molar-refractivity contribution in [2.45, 2.75) is 46.5 Å². The van der Waals surface area contributed by atoms with Crippen LogP contribution in [0.25, 0.3) is 0 Å². The molecule has 2 aromatic rings. The van der Waals surface area contributed by atoms with E-state index in [0.29, 0.717) is 55.5 Å². The minimum absolute atomic E-state index is 0.0823. The van der Waals surface area contributed by atoms with E-state index in [2.05, 4.69) is 27.1 Å². The van der Waals surface area contributed by atoms with Gasteiger partial charge < -0.3 is 34.5 Å². The van der Waals surface area contributed by atoms with Crippen molar-refractivity contribution in [3.05, 3.63) is 88.6 Å². The van der Waals surface area contributed by atoms with Gasteiger partial charge in [-0.2, -0.15) is 0 Å². The van der Waals surface area contributed by atoms with E-state index in [1.165, 1.54) is 18.9 Å². The molecule has 2 aliphatic rings. The van der Waals surface area contributed by atoms with Crippen LogP contribution in [0.15, 0.2) is 77.2 Å². The molecule has 2 saturated heterocycles. The first-order valence-corrected chi connectivity index (χ1v) is 16.9. The smallest absolute Gasteiger partial charge is 0.323 e. The maximum atomic E-state index is 14.0. The molecule has 0 aliphatic carbocycles. The molecule has 2 N–H and O–H groups in total. The molecule has 0 saturated carbocycles. The van der Waals surface area contributed by atoms with Crippen LogP contribution in [0.2, 0.25) is 5.02 Å². The molecule has 0 radical (unpaired) electrons. The number of hydrogen-bond donors (Lipinski definition) is 2. The van der Waals surface area contributed by atoms with Crippen LogP contribution in [0.3, 0.4) is 0 Å². The summed E-state index contributed by atoms with van der Waals surface area (Å²) in [6, 6.07) is 8.83. The molecule has 11 heteroatoms. The maximum Gasteiger partial charge on any atom is 0.323 e. The van der Waals surface area contributed by atoms with Crippen molar-refractivity contribution in [1.82, 2.24) is 4.90 Å². The predicted molar refractivity (Wildman–Crippen MR) is 191 cm³/mol. The number of urea groups is 1. The van der Waals surface area contributed by atoms with Gasteiger partial charge in [-0.05, 0) is 83.0 Å². The molecule has 260 valence electrons. The molecule has 2 aliphatic heterocycles. The van der Waals surface area contributed by atoms with Gasteiger partial charge in [0.1, 0.15) is 17.3 Å². The number of benzene rings is 2. The fraction of sp³-hybridized carbons (Fsp3) is 0.459. The zero-order valence-electron chi connectivity index (χ0n) is 28.3. The fourth-order valence-electron chi connectivity index (χ4n) is 5.53. The third-order valence-electron chi connectivity index (χ3n) is 8.41. The van der Waals surface area contributed by atoms with Gasteiger partial charge in [0, 0.05) is 54.6 Å². The minimum atomic E-state index is -0.611. The van der Waals surface area contributed by atoms with Gasteiger partial charge in [-0.3, -0.25) is 4.99 Å². The van der Waals surface area contributed by atoms with Gasteiger partial charge >= 0.3 is 6.03 Å². The Morgan fingerprint density at radius 3 is 2.58 bits per heavy atom. The van der Waals surface area contributed by atoms with Crippen molar-refractivity contribution in [2.24, 2.45) is 10.4 Å². The number of anilines is 2. The number of nitrogens with zero attached hydrogens (tertiary/aromatic N) is 2. The van der Waals surface area contributed by atoms with Gasteiger partial charge in [-0.15, -0.1) is 0 Å². The molecule has 0 aromatic heterocycles. The summed E-state index contributed by atoms with van der Waals surface area (Å²) < 4.78 is 37.5. The van der Waals surface area contributed by atoms with Crippen LogP contribution >= 0.6 is 11.6 Å². The van der Waals surface area contributed by atoms with Crippen LogP contribution in [-0.4, -0.2) is 76.4 Å². The number of likely N-dealkylation sites (tertiary alicyclic amines) is 1. The van der Waals surface area contributed by atoms with Crippen LogP contribution < -0.4 is 15.4 Å². The number of halogens is 2. The van der Waals surface area contributed by atoms with E-state index in [0.717, 1.165) is 56.1 Å². The van der Waals surface area contributed by atoms with E-state index in [-0.39, 0.29) is 10.7 Å². The summed E-state index contributed by atoms with van der Waals surface area (Å²) in [7, 11) is 0. The number of hydrogen-bond acceptors (Lipinski definition) is 7. The number of carbonyl (C=O) groups is 1. The predicted octanol–water partition coefficient (Wildman–Crippen LogP) is 8.17. The first-order valence-electron chi connectivity index (χ1n) is 16.6. The second-order valence-corrected chi connectivity index (χ2v) is 12.5. The van der Waals surface area contributed by atoms with Crippen LogP contribution in [-0.2, 0) is 14.2 Å². The van der Waals surface area contributed by atoms with Crippen molar-refractivity contribution in [1.29, 1.82) is 0 Å². The highest BCUT2D eigenvalue weighted by Gasteiger charge is 2.40. The van der Waals surface area contributed by atoms with Gasteiger partial charge in [-0.1, -0.05) is 30.3 Å². The zero-order chi connectivity index (χ0) is 34.4. The lowest BCUT2D eigenvalue weighted by Crippen LogP contribution is -2.51. The Bertz CT molecular complexity index is 1480. The maximum absolute atomic E-state index is 14.0. The zero-order valence-corrected chi connectivity index (χ0v) is 29.0. The number of aryl methyl sites for hydroxylation is 1. The van der Waals surface area contributed by atoms with Gasteiger partial charge in [0.15, 0.2) is 0 Å².